The van der Waals surface area contributed by atoms with Gasteiger partial charge in [-0.3, -0.25) is 5.43 Å². The van der Waals surface area contributed by atoms with E-state index in [1.54, 1.807) is 30.8 Å². The molecule has 0 amide bonds. The number of hydrogen-bond donors (Lipinski definition) is 1. The molecule has 0 saturated heterocycles. The second-order valence-corrected chi connectivity index (χ2v) is 6.52. The molecular formula is C20H15N3O3S. The van der Waals surface area contributed by atoms with Gasteiger partial charge in [0.05, 0.1) is 24.6 Å². The molecule has 2 aromatic heterocycles. The molecule has 0 atom stereocenters. The van der Waals surface area contributed by atoms with E-state index in [9.17, 15) is 4.79 Å². The highest BCUT2D eigenvalue weighted by Gasteiger charge is 2.11. The van der Waals surface area contributed by atoms with Crippen molar-refractivity contribution in [2.45, 2.75) is 0 Å². The van der Waals surface area contributed by atoms with Gasteiger partial charge < -0.3 is 9.15 Å². The van der Waals surface area contributed by atoms with Gasteiger partial charge in [0.1, 0.15) is 11.3 Å². The van der Waals surface area contributed by atoms with E-state index in [1.165, 1.54) is 11.3 Å². The third-order valence-corrected chi connectivity index (χ3v) is 4.66. The van der Waals surface area contributed by atoms with Gasteiger partial charge in [-0.15, -0.1) is 11.3 Å². The summed E-state index contributed by atoms with van der Waals surface area (Å²) in [6.45, 7) is 0. The molecule has 27 heavy (non-hydrogen) atoms. The molecule has 0 radical (unpaired) electrons. The fourth-order valence-electron chi connectivity index (χ4n) is 2.54. The molecule has 7 heteroatoms. The number of para-hydroxylation sites is 1. The molecule has 0 bridgehead atoms. The maximum absolute atomic E-state index is 12.2. The van der Waals surface area contributed by atoms with E-state index in [0.717, 1.165) is 16.7 Å². The average molecular weight is 377 g/mol. The minimum atomic E-state index is -0.410. The number of aromatic nitrogens is 1. The van der Waals surface area contributed by atoms with Crippen molar-refractivity contribution in [3.63, 3.8) is 0 Å². The number of thiazole rings is 1. The number of hydrazone groups is 1. The van der Waals surface area contributed by atoms with E-state index in [4.69, 9.17) is 9.15 Å². The number of methoxy groups -OCH3 is 1. The van der Waals surface area contributed by atoms with Crippen molar-refractivity contribution in [2.75, 3.05) is 12.5 Å². The Balaban J connectivity index is 1.52. The predicted octanol–water partition coefficient (Wildman–Crippen LogP) is 4.37. The third kappa shape index (κ3) is 3.73. The largest absolute Gasteiger partial charge is 0.497 e. The van der Waals surface area contributed by atoms with Crippen LogP contribution in [0.25, 0.3) is 22.2 Å². The van der Waals surface area contributed by atoms with Gasteiger partial charge in [-0.25, -0.2) is 9.78 Å². The zero-order valence-electron chi connectivity index (χ0n) is 14.4. The summed E-state index contributed by atoms with van der Waals surface area (Å²) < 4.78 is 10.5. The number of rotatable bonds is 5. The Morgan fingerprint density at radius 2 is 2.00 bits per heavy atom. The van der Waals surface area contributed by atoms with Crippen LogP contribution >= 0.6 is 11.3 Å². The van der Waals surface area contributed by atoms with Gasteiger partial charge in [0, 0.05) is 10.8 Å². The van der Waals surface area contributed by atoms with Crippen molar-refractivity contribution in [1.29, 1.82) is 0 Å². The van der Waals surface area contributed by atoms with Crippen molar-refractivity contribution in [2.24, 2.45) is 5.10 Å². The molecule has 4 rings (SSSR count). The van der Waals surface area contributed by atoms with E-state index in [1.807, 2.05) is 42.5 Å². The first-order chi connectivity index (χ1) is 13.2. The first-order valence-electron chi connectivity index (χ1n) is 8.15. The SMILES string of the molecule is COc1ccc(/C=N/Nc2nc(-c3cc4ccccc4oc3=O)cs2)cc1. The van der Waals surface area contributed by atoms with Gasteiger partial charge in [0.25, 0.3) is 0 Å². The lowest BCUT2D eigenvalue weighted by atomic mass is 10.1. The molecule has 6 nitrogen and oxygen atoms in total. The summed E-state index contributed by atoms with van der Waals surface area (Å²) in [5, 5.41) is 7.41. The summed E-state index contributed by atoms with van der Waals surface area (Å²) in [6, 6.07) is 16.7. The van der Waals surface area contributed by atoms with Crippen LogP contribution in [-0.2, 0) is 0 Å². The highest BCUT2D eigenvalue weighted by Crippen LogP contribution is 2.25. The molecule has 1 N–H and O–H groups in total. The molecule has 0 saturated carbocycles. The van der Waals surface area contributed by atoms with Crippen LogP contribution in [0, 0.1) is 0 Å². The Morgan fingerprint density at radius 3 is 2.81 bits per heavy atom. The number of nitrogens with zero attached hydrogens (tertiary/aromatic N) is 2. The molecule has 0 spiro atoms. The zero-order valence-corrected chi connectivity index (χ0v) is 15.2. The smallest absolute Gasteiger partial charge is 0.345 e. The van der Waals surface area contributed by atoms with Gasteiger partial charge in [-0.05, 0) is 42.0 Å². The van der Waals surface area contributed by atoms with Crippen LogP contribution in [0.2, 0.25) is 0 Å². The summed E-state index contributed by atoms with van der Waals surface area (Å²) in [5.41, 5.74) is 4.94. The lowest BCUT2D eigenvalue weighted by Crippen LogP contribution is -2.02. The number of nitrogens with one attached hydrogen (secondary N) is 1. The topological polar surface area (TPSA) is 76.7 Å². The second kappa shape index (κ2) is 7.43. The van der Waals surface area contributed by atoms with Crippen molar-refractivity contribution < 1.29 is 9.15 Å². The molecule has 0 unspecified atom stereocenters. The van der Waals surface area contributed by atoms with Crippen LogP contribution in [0.4, 0.5) is 5.13 Å². The minimum Gasteiger partial charge on any atom is -0.497 e. The number of benzene rings is 2. The molecule has 134 valence electrons. The Labute approximate surface area is 158 Å². The average Bonchev–Trinajstić information content (AvgIpc) is 3.16. The molecule has 2 aromatic carbocycles. The zero-order chi connectivity index (χ0) is 18.6. The maximum atomic E-state index is 12.2. The van der Waals surface area contributed by atoms with Crippen molar-refractivity contribution in [3.8, 4) is 17.0 Å². The quantitative estimate of drug-likeness (QED) is 0.317. The maximum Gasteiger partial charge on any atom is 0.345 e. The molecule has 2 heterocycles. The third-order valence-electron chi connectivity index (χ3n) is 3.91. The number of anilines is 1. The summed E-state index contributed by atoms with van der Waals surface area (Å²) in [6.07, 6.45) is 1.69. The van der Waals surface area contributed by atoms with E-state index >= 15 is 0 Å². The second-order valence-electron chi connectivity index (χ2n) is 5.67. The van der Waals surface area contributed by atoms with Crippen LogP contribution < -0.4 is 15.8 Å². The molecule has 4 aromatic rings. The first kappa shape index (κ1) is 17.0. The normalized spacial score (nSPS) is 11.1. The Bertz CT molecular complexity index is 1160. The van der Waals surface area contributed by atoms with Crippen molar-refractivity contribution in [1.82, 2.24) is 4.98 Å². The van der Waals surface area contributed by atoms with E-state index in [0.29, 0.717) is 22.0 Å². The summed E-state index contributed by atoms with van der Waals surface area (Å²) in [5.74, 6) is 0.791. The Morgan fingerprint density at radius 1 is 1.19 bits per heavy atom. The van der Waals surface area contributed by atoms with Crippen LogP contribution in [0.15, 0.2) is 74.3 Å². The fraction of sp³-hybridized carbons (Fsp3) is 0.0500. The summed E-state index contributed by atoms with van der Waals surface area (Å²) in [4.78, 5) is 16.7. The van der Waals surface area contributed by atoms with E-state index in [-0.39, 0.29) is 0 Å². The molecule has 0 fully saturated rings. The van der Waals surface area contributed by atoms with Crippen LogP contribution in [0.5, 0.6) is 5.75 Å². The van der Waals surface area contributed by atoms with Crippen molar-refractivity contribution in [3.05, 3.63) is 76.0 Å². The van der Waals surface area contributed by atoms with E-state index in [2.05, 4.69) is 15.5 Å². The monoisotopic (exact) mass is 377 g/mol. The number of ether oxygens (including phenoxy) is 1. The van der Waals surface area contributed by atoms with E-state index < -0.39 is 5.63 Å². The molecular weight excluding hydrogens is 362 g/mol. The lowest BCUT2D eigenvalue weighted by molar-refractivity contribution is 0.415. The Hall–Kier alpha value is -3.45. The standard InChI is InChI=1S/C20H15N3O3S/c1-25-15-8-6-13(7-9-15)11-21-23-20-22-17(12-27-20)16-10-14-4-2-3-5-18(14)26-19(16)24/h2-12H,1H3,(H,22,23)/b21-11+. The summed E-state index contributed by atoms with van der Waals surface area (Å²) in [7, 11) is 1.63. The van der Waals surface area contributed by atoms with Gasteiger partial charge in [0.2, 0.25) is 5.13 Å². The molecule has 0 aliphatic rings. The minimum absolute atomic E-state index is 0.410. The van der Waals surface area contributed by atoms with Crippen molar-refractivity contribution >= 4 is 33.7 Å². The van der Waals surface area contributed by atoms with Crippen LogP contribution in [0.3, 0.4) is 0 Å². The van der Waals surface area contributed by atoms with Gasteiger partial charge >= 0.3 is 5.63 Å². The highest BCUT2D eigenvalue weighted by molar-refractivity contribution is 7.14. The van der Waals surface area contributed by atoms with Gasteiger partial charge in [0.15, 0.2) is 0 Å². The van der Waals surface area contributed by atoms with Crippen LogP contribution in [-0.4, -0.2) is 18.3 Å². The highest BCUT2D eigenvalue weighted by atomic mass is 32.1. The first-order valence-corrected chi connectivity index (χ1v) is 9.03. The predicted molar refractivity (Wildman–Crippen MR) is 108 cm³/mol. The lowest BCUT2D eigenvalue weighted by Gasteiger charge is -1.99. The van der Waals surface area contributed by atoms with Gasteiger partial charge in [-0.2, -0.15) is 5.10 Å². The number of hydrogen-bond acceptors (Lipinski definition) is 7. The molecule has 0 aliphatic carbocycles. The Kier molecular flexibility index (Phi) is 4.67. The molecule has 0 aliphatic heterocycles. The number of fused-ring (bicyclic) bond motifs is 1. The van der Waals surface area contributed by atoms with Gasteiger partial charge in [-0.1, -0.05) is 18.2 Å². The summed E-state index contributed by atoms with van der Waals surface area (Å²) >= 11 is 1.36. The fourth-order valence-corrected chi connectivity index (χ4v) is 3.20. The van der Waals surface area contributed by atoms with Crippen LogP contribution in [0.1, 0.15) is 5.56 Å².